The average molecular weight is 405 g/mol. The molecule has 0 saturated carbocycles. The van der Waals surface area contributed by atoms with Gasteiger partial charge in [0.05, 0.1) is 28.3 Å². The van der Waals surface area contributed by atoms with E-state index in [1.807, 2.05) is 38.1 Å². The highest BCUT2D eigenvalue weighted by molar-refractivity contribution is 6.00. The molecule has 0 fully saturated rings. The number of anilines is 2. The zero-order chi connectivity index (χ0) is 21.6. The van der Waals surface area contributed by atoms with Crippen molar-refractivity contribution in [3.05, 3.63) is 76.0 Å². The number of benzene rings is 2. The third-order valence-electron chi connectivity index (χ3n) is 5.68. The first-order valence-electron chi connectivity index (χ1n) is 9.83. The van der Waals surface area contributed by atoms with E-state index in [1.165, 1.54) is 19.1 Å². The number of nitrogens with one attached hydrogen (secondary N) is 1. The largest absolute Gasteiger partial charge is 0.357 e. The van der Waals surface area contributed by atoms with E-state index in [2.05, 4.69) is 11.4 Å². The van der Waals surface area contributed by atoms with Crippen LogP contribution in [0.1, 0.15) is 38.8 Å². The number of ketones is 1. The van der Waals surface area contributed by atoms with Crippen molar-refractivity contribution in [3.8, 4) is 0 Å². The summed E-state index contributed by atoms with van der Waals surface area (Å²) in [5.74, 6) is -0.755. The highest BCUT2D eigenvalue weighted by Crippen LogP contribution is 2.48. The number of nitro groups is 1. The number of carbonyl (C=O) groups is 2. The Hall–Kier alpha value is -3.48. The monoisotopic (exact) mass is 405 g/mol. The van der Waals surface area contributed by atoms with Crippen molar-refractivity contribution < 1.29 is 14.5 Å². The number of nitrogens with zero attached hydrogens (tertiary/aromatic N) is 2. The first-order valence-corrected chi connectivity index (χ1v) is 9.83. The van der Waals surface area contributed by atoms with Gasteiger partial charge in [-0.2, -0.15) is 0 Å². The van der Waals surface area contributed by atoms with E-state index >= 15 is 0 Å². The van der Waals surface area contributed by atoms with Crippen LogP contribution in [0.4, 0.5) is 17.1 Å². The number of Topliss-reactive ketones (excluding diaryl/α,β-unsaturated/α-hetero) is 1. The van der Waals surface area contributed by atoms with Gasteiger partial charge in [-0.25, -0.2) is 0 Å². The molecule has 0 aromatic heterocycles. The van der Waals surface area contributed by atoms with Crippen LogP contribution in [0.15, 0.2) is 60.3 Å². The molecular weight excluding hydrogens is 382 g/mol. The molecule has 1 heterocycles. The molecule has 1 N–H and O–H groups in total. The van der Waals surface area contributed by atoms with Crippen LogP contribution < -0.4 is 10.2 Å². The van der Waals surface area contributed by atoms with Crippen molar-refractivity contribution in [1.82, 2.24) is 0 Å². The minimum Gasteiger partial charge on any atom is -0.357 e. The van der Waals surface area contributed by atoms with Crippen LogP contribution in [0.5, 0.6) is 0 Å². The molecule has 2 aromatic rings. The minimum absolute atomic E-state index is 0.0346. The highest BCUT2D eigenvalue weighted by Gasteiger charge is 2.45. The van der Waals surface area contributed by atoms with Gasteiger partial charge >= 0.3 is 0 Å². The molecule has 0 unspecified atom stereocenters. The zero-order valence-electron chi connectivity index (χ0n) is 17.1. The van der Waals surface area contributed by atoms with Crippen molar-refractivity contribution in [1.29, 1.82) is 0 Å². The number of para-hydroxylation sites is 2. The summed E-state index contributed by atoms with van der Waals surface area (Å²) in [6.07, 6.45) is 2.42. The topological polar surface area (TPSA) is 92.6 Å². The molecule has 30 heavy (non-hydrogen) atoms. The van der Waals surface area contributed by atoms with E-state index < -0.39 is 16.9 Å². The molecule has 0 bridgehead atoms. The zero-order valence-corrected chi connectivity index (χ0v) is 17.1. The average Bonchev–Trinajstić information content (AvgIpc) is 2.81. The standard InChI is InChI=1S/C23H23N3O4/c1-14(27)25-19-7-5-4-6-17(19)24-18-12-23(2,3)13-20(28)21(18)22(25)15-8-10-16(11-9-15)26(29)30/h4-12,21-22,24H,13H2,1-3H3/t21-,22+/m1/s1. The van der Waals surface area contributed by atoms with Gasteiger partial charge in [-0.1, -0.05) is 44.2 Å². The fourth-order valence-electron chi connectivity index (χ4n) is 4.50. The summed E-state index contributed by atoms with van der Waals surface area (Å²) in [6, 6.07) is 12.9. The Balaban J connectivity index is 1.96. The SMILES string of the molecule is CC(=O)N1c2ccccc2NC2=CC(C)(C)CC(=O)[C@@H]2[C@@H]1c1ccc([N+](=O)[O-])cc1. The van der Waals surface area contributed by atoms with Crippen molar-refractivity contribution in [2.45, 2.75) is 33.2 Å². The van der Waals surface area contributed by atoms with Crippen molar-refractivity contribution in [2.75, 3.05) is 10.2 Å². The predicted molar refractivity (Wildman–Crippen MR) is 114 cm³/mol. The predicted octanol–water partition coefficient (Wildman–Crippen LogP) is 4.61. The molecule has 7 nitrogen and oxygen atoms in total. The molecule has 2 aliphatic rings. The first kappa shape index (κ1) is 19.8. The van der Waals surface area contributed by atoms with Crippen molar-refractivity contribution in [3.63, 3.8) is 0 Å². The second-order valence-electron chi connectivity index (χ2n) is 8.53. The van der Waals surface area contributed by atoms with Gasteiger partial charge in [0.25, 0.3) is 5.69 Å². The summed E-state index contributed by atoms with van der Waals surface area (Å²) in [5.41, 5.74) is 2.52. The van der Waals surface area contributed by atoms with E-state index in [9.17, 15) is 19.7 Å². The van der Waals surface area contributed by atoms with Gasteiger partial charge in [-0.05, 0) is 23.1 Å². The quantitative estimate of drug-likeness (QED) is 0.582. The Morgan fingerprint density at radius 3 is 2.47 bits per heavy atom. The van der Waals surface area contributed by atoms with Crippen LogP contribution >= 0.6 is 0 Å². The summed E-state index contributed by atoms with van der Waals surface area (Å²) in [4.78, 5) is 38.5. The maximum absolute atomic E-state index is 13.3. The van der Waals surface area contributed by atoms with E-state index in [1.54, 1.807) is 17.0 Å². The molecule has 7 heteroatoms. The molecule has 0 radical (unpaired) electrons. The maximum Gasteiger partial charge on any atom is 0.269 e. The minimum atomic E-state index is -0.602. The van der Waals surface area contributed by atoms with Gasteiger partial charge in [-0.3, -0.25) is 19.7 Å². The summed E-state index contributed by atoms with van der Waals surface area (Å²) >= 11 is 0. The Morgan fingerprint density at radius 2 is 1.83 bits per heavy atom. The van der Waals surface area contributed by atoms with E-state index in [0.29, 0.717) is 17.7 Å². The van der Waals surface area contributed by atoms with Crippen LogP contribution in [-0.2, 0) is 9.59 Å². The number of non-ortho nitro benzene ring substituents is 1. The number of rotatable bonds is 2. The highest BCUT2D eigenvalue weighted by atomic mass is 16.6. The maximum atomic E-state index is 13.3. The Bertz CT molecular complexity index is 1070. The molecule has 1 aliphatic heterocycles. The van der Waals surface area contributed by atoms with Gasteiger partial charge in [0.15, 0.2) is 0 Å². The molecular formula is C23H23N3O4. The van der Waals surface area contributed by atoms with Gasteiger partial charge in [0, 0.05) is 31.2 Å². The Labute approximate surface area is 174 Å². The Morgan fingerprint density at radius 1 is 1.17 bits per heavy atom. The number of amides is 1. The van der Waals surface area contributed by atoms with Crippen LogP contribution in [0.25, 0.3) is 0 Å². The summed E-state index contributed by atoms with van der Waals surface area (Å²) in [6.45, 7) is 5.49. The van der Waals surface area contributed by atoms with E-state index in [0.717, 1.165) is 11.4 Å². The molecule has 0 saturated heterocycles. The summed E-state index contributed by atoms with van der Waals surface area (Å²) in [5, 5.41) is 14.5. The summed E-state index contributed by atoms with van der Waals surface area (Å²) in [7, 11) is 0. The smallest absolute Gasteiger partial charge is 0.269 e. The fourth-order valence-corrected chi connectivity index (χ4v) is 4.50. The number of hydrogen-bond acceptors (Lipinski definition) is 5. The van der Waals surface area contributed by atoms with E-state index in [-0.39, 0.29) is 22.8 Å². The second kappa shape index (κ2) is 7.09. The Kier molecular flexibility index (Phi) is 4.68. The molecule has 1 aliphatic carbocycles. The molecule has 1 amide bonds. The number of fused-ring (bicyclic) bond motifs is 2. The lowest BCUT2D eigenvalue weighted by Gasteiger charge is -2.38. The lowest BCUT2D eigenvalue weighted by molar-refractivity contribution is -0.384. The molecule has 0 spiro atoms. The molecule has 2 atom stereocenters. The van der Waals surface area contributed by atoms with Crippen LogP contribution in [0, 0.1) is 21.4 Å². The number of carbonyl (C=O) groups excluding carboxylic acids is 2. The lowest BCUT2D eigenvalue weighted by Crippen LogP contribution is -2.42. The van der Waals surface area contributed by atoms with E-state index in [4.69, 9.17) is 0 Å². The fraction of sp³-hybridized carbons (Fsp3) is 0.304. The first-order chi connectivity index (χ1) is 14.2. The van der Waals surface area contributed by atoms with Gasteiger partial charge < -0.3 is 10.2 Å². The number of allylic oxidation sites excluding steroid dienone is 1. The van der Waals surface area contributed by atoms with Crippen LogP contribution in [-0.4, -0.2) is 16.6 Å². The van der Waals surface area contributed by atoms with Crippen LogP contribution in [0.3, 0.4) is 0 Å². The molecule has 154 valence electrons. The van der Waals surface area contributed by atoms with Crippen LogP contribution in [0.2, 0.25) is 0 Å². The molecule has 2 aromatic carbocycles. The third kappa shape index (κ3) is 3.36. The van der Waals surface area contributed by atoms with Crippen molar-refractivity contribution >= 4 is 28.8 Å². The van der Waals surface area contributed by atoms with Gasteiger partial charge in [0.2, 0.25) is 5.91 Å². The van der Waals surface area contributed by atoms with Gasteiger partial charge in [-0.15, -0.1) is 0 Å². The second-order valence-corrected chi connectivity index (χ2v) is 8.53. The number of hydrogen-bond donors (Lipinski definition) is 1. The van der Waals surface area contributed by atoms with Crippen molar-refractivity contribution in [2.24, 2.45) is 11.3 Å². The normalized spacial score (nSPS) is 22.2. The summed E-state index contributed by atoms with van der Waals surface area (Å²) < 4.78 is 0. The lowest BCUT2D eigenvalue weighted by atomic mass is 9.72. The number of nitro benzene ring substituents is 1. The van der Waals surface area contributed by atoms with Gasteiger partial charge in [0.1, 0.15) is 5.78 Å². The molecule has 4 rings (SSSR count). The third-order valence-corrected chi connectivity index (χ3v) is 5.68.